The maximum atomic E-state index is 12.1. The molecule has 0 atom stereocenters. The van der Waals surface area contributed by atoms with Crippen LogP contribution in [0, 0.1) is 0 Å². The molecular formula is C17H33NO2Si3. The Balaban J connectivity index is 2.90. The van der Waals surface area contributed by atoms with Crippen molar-refractivity contribution in [3.63, 3.8) is 0 Å². The lowest BCUT2D eigenvalue weighted by Crippen LogP contribution is -2.58. The third-order valence-corrected chi connectivity index (χ3v) is 11.9. The molecule has 0 unspecified atom stereocenters. The monoisotopic (exact) mass is 367 g/mol. The van der Waals surface area contributed by atoms with Crippen molar-refractivity contribution in [1.29, 1.82) is 0 Å². The van der Waals surface area contributed by atoms with Gasteiger partial charge in [0.05, 0.1) is 5.56 Å². The van der Waals surface area contributed by atoms with Crippen LogP contribution in [0.25, 0.3) is 0 Å². The Morgan fingerprint density at radius 1 is 0.870 bits per heavy atom. The zero-order valence-corrected chi connectivity index (χ0v) is 19.3. The Bertz CT molecular complexity index is 523. The van der Waals surface area contributed by atoms with Crippen LogP contribution >= 0.6 is 0 Å². The van der Waals surface area contributed by atoms with Gasteiger partial charge in [0.15, 0.2) is 0 Å². The van der Waals surface area contributed by atoms with E-state index in [1.54, 1.807) is 0 Å². The van der Waals surface area contributed by atoms with Gasteiger partial charge in [0, 0.05) is 6.54 Å². The molecule has 0 heterocycles. The summed E-state index contributed by atoms with van der Waals surface area (Å²) in [7, 11) is -4.57. The molecule has 3 nitrogen and oxygen atoms in total. The summed E-state index contributed by atoms with van der Waals surface area (Å²) in [4.78, 5) is 12.1. The van der Waals surface area contributed by atoms with Crippen molar-refractivity contribution in [1.82, 2.24) is 4.23 Å². The first-order valence-corrected chi connectivity index (χ1v) is 18.6. The van der Waals surface area contributed by atoms with Gasteiger partial charge >= 0.3 is 5.97 Å². The lowest BCUT2D eigenvalue weighted by molar-refractivity contribution is 0.0724. The highest BCUT2D eigenvalue weighted by Crippen LogP contribution is 2.23. The average Bonchev–Trinajstić information content (AvgIpc) is 2.31. The molecule has 0 amide bonds. The van der Waals surface area contributed by atoms with Gasteiger partial charge in [-0.2, -0.15) is 0 Å². The minimum Gasteiger partial charge on any atom is -0.516 e. The number of benzene rings is 1. The van der Waals surface area contributed by atoms with Crippen LogP contribution in [-0.2, 0) is 11.0 Å². The third kappa shape index (κ3) is 6.74. The molecule has 0 N–H and O–H groups in total. The Hall–Kier alpha value is -0.699. The Morgan fingerprint density at radius 3 is 1.65 bits per heavy atom. The van der Waals surface area contributed by atoms with Crippen molar-refractivity contribution in [2.45, 2.75) is 65.5 Å². The van der Waals surface area contributed by atoms with Crippen LogP contribution in [-0.4, -0.2) is 35.0 Å². The minimum absolute atomic E-state index is 0.192. The second-order valence-electron chi connectivity index (χ2n) is 9.13. The summed E-state index contributed by atoms with van der Waals surface area (Å²) in [5, 5.41) is 0. The van der Waals surface area contributed by atoms with Crippen LogP contribution < -0.4 is 0 Å². The number of carbonyl (C=O) groups excluding carboxylic acids is 1. The number of carbonyl (C=O) groups is 1. The molecule has 0 aliphatic carbocycles. The van der Waals surface area contributed by atoms with E-state index >= 15 is 0 Å². The molecule has 0 saturated carbocycles. The maximum absolute atomic E-state index is 12.1. The molecule has 130 valence electrons. The summed E-state index contributed by atoms with van der Waals surface area (Å²) < 4.78 is 8.30. The van der Waals surface area contributed by atoms with Gasteiger partial charge in [0.1, 0.15) is 16.5 Å². The zero-order valence-electron chi connectivity index (χ0n) is 16.3. The lowest BCUT2D eigenvalue weighted by atomic mass is 10.1. The van der Waals surface area contributed by atoms with Crippen LogP contribution in [0.5, 0.6) is 0 Å². The summed E-state index contributed by atoms with van der Waals surface area (Å²) in [5.41, 5.74) is 1.93. The van der Waals surface area contributed by atoms with Gasteiger partial charge in [-0.05, 0) is 37.3 Å². The lowest BCUT2D eigenvalue weighted by Gasteiger charge is -2.43. The first-order valence-electron chi connectivity index (χ1n) is 8.30. The van der Waals surface area contributed by atoms with E-state index in [0.29, 0.717) is 5.56 Å². The number of hydrogen-bond acceptors (Lipinski definition) is 3. The molecule has 0 radical (unpaired) electrons. The van der Waals surface area contributed by atoms with Gasteiger partial charge in [-0.25, -0.2) is 4.79 Å². The van der Waals surface area contributed by atoms with Gasteiger partial charge in [0.2, 0.25) is 8.32 Å². The largest absolute Gasteiger partial charge is 0.516 e. The van der Waals surface area contributed by atoms with E-state index in [4.69, 9.17) is 4.43 Å². The van der Waals surface area contributed by atoms with Gasteiger partial charge in [-0.3, -0.25) is 0 Å². The van der Waals surface area contributed by atoms with E-state index in [2.05, 4.69) is 55.6 Å². The highest BCUT2D eigenvalue weighted by molar-refractivity contribution is 6.89. The van der Waals surface area contributed by atoms with E-state index in [0.717, 1.165) is 6.54 Å². The predicted molar refractivity (Wildman–Crippen MR) is 107 cm³/mol. The molecule has 23 heavy (non-hydrogen) atoms. The van der Waals surface area contributed by atoms with E-state index in [9.17, 15) is 4.79 Å². The topological polar surface area (TPSA) is 29.5 Å². The number of nitrogens with zero attached hydrogens (tertiary/aromatic N) is 1. The summed E-state index contributed by atoms with van der Waals surface area (Å²) in [6.45, 7) is 21.5. The number of hydrogen-bond donors (Lipinski definition) is 0. The first kappa shape index (κ1) is 20.3. The smallest absolute Gasteiger partial charge is 0.324 e. The quantitative estimate of drug-likeness (QED) is 0.651. The van der Waals surface area contributed by atoms with Crippen LogP contribution in [0.3, 0.4) is 0 Å². The van der Waals surface area contributed by atoms with Crippen molar-refractivity contribution in [3.05, 3.63) is 35.4 Å². The molecule has 0 fully saturated rings. The molecule has 0 bridgehead atoms. The molecule has 0 aliphatic heterocycles. The number of rotatable bonds is 6. The highest BCUT2D eigenvalue weighted by Gasteiger charge is 2.34. The summed E-state index contributed by atoms with van der Waals surface area (Å²) in [5.74, 6) is -0.192. The van der Waals surface area contributed by atoms with E-state index in [1.165, 1.54) is 5.56 Å². The van der Waals surface area contributed by atoms with E-state index in [-0.39, 0.29) is 5.97 Å². The second-order valence-corrected chi connectivity index (χ2v) is 23.8. The second kappa shape index (κ2) is 7.04. The van der Waals surface area contributed by atoms with Crippen LogP contribution in [0.2, 0.25) is 58.9 Å². The van der Waals surface area contributed by atoms with Crippen LogP contribution in [0.1, 0.15) is 15.9 Å². The first-order chi connectivity index (χ1) is 10.2. The maximum Gasteiger partial charge on any atom is 0.324 e. The summed E-state index contributed by atoms with van der Waals surface area (Å²) in [6, 6.07) is 7.97. The third-order valence-electron chi connectivity index (χ3n) is 3.55. The highest BCUT2D eigenvalue weighted by atomic mass is 28.4. The van der Waals surface area contributed by atoms with E-state index < -0.39 is 24.8 Å². The van der Waals surface area contributed by atoms with Crippen molar-refractivity contribution in [2.75, 3.05) is 0 Å². The molecule has 1 aromatic carbocycles. The molecular weight excluding hydrogens is 334 g/mol. The van der Waals surface area contributed by atoms with Gasteiger partial charge in [-0.1, -0.05) is 51.4 Å². The Morgan fingerprint density at radius 2 is 1.30 bits per heavy atom. The normalized spacial score (nSPS) is 13.3. The van der Waals surface area contributed by atoms with Crippen LogP contribution in [0.4, 0.5) is 0 Å². The van der Waals surface area contributed by atoms with Crippen LogP contribution in [0.15, 0.2) is 24.3 Å². The van der Waals surface area contributed by atoms with Crippen molar-refractivity contribution < 1.29 is 9.22 Å². The standard InChI is InChI=1S/C17H33NO2Si3/c1-21(2,3)18(22(4,5)6)14-15-10-12-16(13-11-15)17(19)20-23(7,8)9/h10-13H,14H2,1-9H3. The molecule has 0 aromatic heterocycles. The Kier molecular flexibility index (Phi) is 6.23. The summed E-state index contributed by atoms with van der Waals surface area (Å²) >= 11 is 0. The fourth-order valence-electron chi connectivity index (χ4n) is 2.75. The summed E-state index contributed by atoms with van der Waals surface area (Å²) in [6.07, 6.45) is 0. The molecule has 0 spiro atoms. The van der Waals surface area contributed by atoms with Gasteiger partial charge < -0.3 is 8.66 Å². The molecule has 0 aliphatic rings. The Labute approximate surface area is 145 Å². The SMILES string of the molecule is C[Si](C)(C)OC(=O)c1ccc(CN([Si](C)(C)C)[Si](C)(C)C)cc1. The molecule has 1 aromatic rings. The fourth-order valence-corrected chi connectivity index (χ4v) is 12.8. The van der Waals surface area contributed by atoms with E-state index in [1.807, 2.05) is 31.8 Å². The molecule has 1 rings (SSSR count). The molecule has 0 saturated heterocycles. The van der Waals surface area contributed by atoms with Crippen molar-refractivity contribution in [2.24, 2.45) is 0 Å². The zero-order chi connectivity index (χ0) is 18.1. The average molecular weight is 368 g/mol. The van der Waals surface area contributed by atoms with Gasteiger partial charge in [-0.15, -0.1) is 0 Å². The van der Waals surface area contributed by atoms with Crippen molar-refractivity contribution >= 4 is 30.8 Å². The fraction of sp³-hybridized carbons (Fsp3) is 0.588. The predicted octanol–water partition coefficient (Wildman–Crippen LogP) is 5.15. The van der Waals surface area contributed by atoms with Gasteiger partial charge in [0.25, 0.3) is 0 Å². The molecule has 6 heteroatoms. The minimum atomic E-state index is -1.84. The van der Waals surface area contributed by atoms with Crippen molar-refractivity contribution in [3.8, 4) is 0 Å².